The number of nitrogens with two attached hydrogens (primary N) is 1. The molecule has 0 aromatic heterocycles. The van der Waals surface area contributed by atoms with Crippen molar-refractivity contribution in [3.63, 3.8) is 0 Å². The standard InChI is InChI=1S/C14H19F3N2/c1-14(2)7-3-4-9(14)13(19-18)8-5-6-10(15)12(17)11(8)16/h5-6,9,13,19H,3-4,7,18H2,1-2H3. The lowest BCUT2D eigenvalue weighted by Crippen LogP contribution is -2.38. The average molecular weight is 272 g/mol. The van der Waals surface area contributed by atoms with Crippen LogP contribution in [0.4, 0.5) is 13.2 Å². The van der Waals surface area contributed by atoms with Crippen molar-refractivity contribution in [2.24, 2.45) is 17.2 Å². The molecule has 1 saturated carbocycles. The van der Waals surface area contributed by atoms with Gasteiger partial charge < -0.3 is 0 Å². The zero-order chi connectivity index (χ0) is 14.2. The van der Waals surface area contributed by atoms with E-state index in [1.807, 2.05) is 0 Å². The molecular formula is C14H19F3N2. The Balaban J connectivity index is 2.40. The highest BCUT2D eigenvalue weighted by molar-refractivity contribution is 5.25. The molecule has 1 aliphatic rings. The molecule has 2 nitrogen and oxygen atoms in total. The quantitative estimate of drug-likeness (QED) is 0.502. The van der Waals surface area contributed by atoms with Crippen LogP contribution in [0, 0.1) is 28.8 Å². The molecule has 0 amide bonds. The zero-order valence-corrected chi connectivity index (χ0v) is 11.1. The summed E-state index contributed by atoms with van der Waals surface area (Å²) >= 11 is 0. The SMILES string of the molecule is CC1(C)CCCC1C(NN)c1ccc(F)c(F)c1F. The van der Waals surface area contributed by atoms with Crippen molar-refractivity contribution in [1.82, 2.24) is 5.43 Å². The Labute approximate surface area is 111 Å². The summed E-state index contributed by atoms with van der Waals surface area (Å²) in [5, 5.41) is 0. The predicted octanol–water partition coefficient (Wildman–Crippen LogP) is 3.43. The van der Waals surface area contributed by atoms with E-state index in [4.69, 9.17) is 5.84 Å². The Kier molecular flexibility index (Phi) is 3.87. The lowest BCUT2D eigenvalue weighted by molar-refractivity contribution is 0.194. The summed E-state index contributed by atoms with van der Waals surface area (Å²) < 4.78 is 40.2. The van der Waals surface area contributed by atoms with Gasteiger partial charge in [-0.1, -0.05) is 26.3 Å². The van der Waals surface area contributed by atoms with Crippen molar-refractivity contribution in [2.75, 3.05) is 0 Å². The summed E-state index contributed by atoms with van der Waals surface area (Å²) in [5.74, 6) is 1.86. The molecule has 1 fully saturated rings. The molecule has 0 heterocycles. The first-order chi connectivity index (χ1) is 8.88. The second kappa shape index (κ2) is 5.13. The van der Waals surface area contributed by atoms with Crippen molar-refractivity contribution in [3.05, 3.63) is 35.1 Å². The van der Waals surface area contributed by atoms with Crippen molar-refractivity contribution in [3.8, 4) is 0 Å². The van der Waals surface area contributed by atoms with Crippen molar-refractivity contribution < 1.29 is 13.2 Å². The Hall–Kier alpha value is -1.07. The van der Waals surface area contributed by atoms with Crippen LogP contribution in [0.15, 0.2) is 12.1 Å². The van der Waals surface area contributed by atoms with Crippen LogP contribution >= 0.6 is 0 Å². The van der Waals surface area contributed by atoms with Gasteiger partial charge >= 0.3 is 0 Å². The number of halogens is 3. The van der Waals surface area contributed by atoms with E-state index >= 15 is 0 Å². The maximum atomic E-state index is 13.9. The second-order valence-corrected chi connectivity index (χ2v) is 5.90. The first-order valence-corrected chi connectivity index (χ1v) is 6.48. The van der Waals surface area contributed by atoms with Gasteiger partial charge in [-0.05, 0) is 30.2 Å². The van der Waals surface area contributed by atoms with Gasteiger partial charge in [-0.25, -0.2) is 13.2 Å². The number of benzene rings is 1. The van der Waals surface area contributed by atoms with E-state index in [2.05, 4.69) is 19.3 Å². The molecule has 1 aromatic carbocycles. The lowest BCUT2D eigenvalue weighted by atomic mass is 9.75. The Morgan fingerprint density at radius 1 is 1.26 bits per heavy atom. The highest BCUT2D eigenvalue weighted by atomic mass is 19.2. The summed E-state index contributed by atoms with van der Waals surface area (Å²) in [6.07, 6.45) is 2.93. The minimum atomic E-state index is -1.44. The minimum Gasteiger partial charge on any atom is -0.271 e. The first kappa shape index (κ1) is 14.3. The highest BCUT2D eigenvalue weighted by Gasteiger charge is 2.41. The summed E-state index contributed by atoms with van der Waals surface area (Å²) in [5.41, 5.74) is 2.67. The summed E-state index contributed by atoms with van der Waals surface area (Å²) in [6, 6.07) is 1.71. The molecule has 2 atom stereocenters. The van der Waals surface area contributed by atoms with Gasteiger partial charge in [-0.2, -0.15) is 0 Å². The van der Waals surface area contributed by atoms with Crippen LogP contribution in [0.5, 0.6) is 0 Å². The molecule has 1 aromatic rings. The summed E-state index contributed by atoms with van der Waals surface area (Å²) in [7, 11) is 0. The third-order valence-electron chi connectivity index (χ3n) is 4.32. The van der Waals surface area contributed by atoms with Gasteiger partial charge in [0.25, 0.3) is 0 Å². The Morgan fingerprint density at radius 2 is 1.95 bits per heavy atom. The molecule has 19 heavy (non-hydrogen) atoms. The normalized spacial score (nSPS) is 23.6. The monoisotopic (exact) mass is 272 g/mol. The molecule has 2 rings (SSSR count). The van der Waals surface area contributed by atoms with E-state index in [1.165, 1.54) is 6.07 Å². The number of hydrogen-bond donors (Lipinski definition) is 2. The fourth-order valence-electron chi connectivity index (χ4n) is 3.18. The van der Waals surface area contributed by atoms with Crippen LogP contribution in [0.1, 0.15) is 44.7 Å². The van der Waals surface area contributed by atoms with Gasteiger partial charge in [0, 0.05) is 5.56 Å². The Bertz CT molecular complexity index is 474. The number of rotatable bonds is 3. The summed E-state index contributed by atoms with van der Waals surface area (Å²) in [6.45, 7) is 4.18. The lowest BCUT2D eigenvalue weighted by Gasteiger charge is -2.34. The number of nitrogens with one attached hydrogen (secondary N) is 1. The molecule has 0 bridgehead atoms. The van der Waals surface area contributed by atoms with Crippen LogP contribution < -0.4 is 11.3 Å². The maximum absolute atomic E-state index is 13.9. The fraction of sp³-hybridized carbons (Fsp3) is 0.571. The van der Waals surface area contributed by atoms with Gasteiger partial charge in [0.1, 0.15) is 0 Å². The Morgan fingerprint density at radius 3 is 2.47 bits per heavy atom. The van der Waals surface area contributed by atoms with Gasteiger partial charge in [0.15, 0.2) is 17.5 Å². The van der Waals surface area contributed by atoms with Crippen LogP contribution in [0.2, 0.25) is 0 Å². The molecule has 0 radical (unpaired) electrons. The highest BCUT2D eigenvalue weighted by Crippen LogP contribution is 2.48. The van der Waals surface area contributed by atoms with Crippen molar-refractivity contribution in [2.45, 2.75) is 39.2 Å². The third-order valence-corrected chi connectivity index (χ3v) is 4.32. The van der Waals surface area contributed by atoms with E-state index < -0.39 is 23.5 Å². The predicted molar refractivity (Wildman–Crippen MR) is 67.5 cm³/mol. The van der Waals surface area contributed by atoms with Crippen LogP contribution in [0.25, 0.3) is 0 Å². The molecular weight excluding hydrogens is 253 g/mol. The minimum absolute atomic E-state index is 0.00562. The van der Waals surface area contributed by atoms with E-state index in [0.717, 1.165) is 25.3 Å². The van der Waals surface area contributed by atoms with Crippen molar-refractivity contribution in [1.29, 1.82) is 0 Å². The molecule has 3 N–H and O–H groups in total. The summed E-state index contributed by atoms with van der Waals surface area (Å²) in [4.78, 5) is 0. The molecule has 2 unspecified atom stereocenters. The number of hydrazine groups is 1. The van der Waals surface area contributed by atoms with Crippen molar-refractivity contribution >= 4 is 0 Å². The molecule has 1 aliphatic carbocycles. The van der Waals surface area contributed by atoms with Gasteiger partial charge in [0.2, 0.25) is 0 Å². The van der Waals surface area contributed by atoms with E-state index in [1.54, 1.807) is 0 Å². The molecule has 5 heteroatoms. The van der Waals surface area contributed by atoms with Gasteiger partial charge in [-0.15, -0.1) is 0 Å². The molecule has 0 spiro atoms. The fourth-order valence-corrected chi connectivity index (χ4v) is 3.18. The average Bonchev–Trinajstić information content (AvgIpc) is 2.70. The molecule has 0 saturated heterocycles. The maximum Gasteiger partial charge on any atom is 0.194 e. The van der Waals surface area contributed by atoms with E-state index in [9.17, 15) is 13.2 Å². The van der Waals surface area contributed by atoms with Crippen LogP contribution in [-0.2, 0) is 0 Å². The topological polar surface area (TPSA) is 38.0 Å². The van der Waals surface area contributed by atoms with Gasteiger partial charge in [-0.3, -0.25) is 11.3 Å². The van der Waals surface area contributed by atoms with Gasteiger partial charge in [0.05, 0.1) is 6.04 Å². The largest absolute Gasteiger partial charge is 0.271 e. The molecule has 0 aliphatic heterocycles. The van der Waals surface area contributed by atoms with Crippen LogP contribution in [0.3, 0.4) is 0 Å². The third kappa shape index (κ3) is 2.49. The zero-order valence-electron chi connectivity index (χ0n) is 11.1. The van der Waals surface area contributed by atoms with E-state index in [0.29, 0.717) is 0 Å². The van der Waals surface area contributed by atoms with E-state index in [-0.39, 0.29) is 16.9 Å². The molecule has 106 valence electrons. The number of hydrogen-bond acceptors (Lipinski definition) is 2. The first-order valence-electron chi connectivity index (χ1n) is 6.48. The van der Waals surface area contributed by atoms with Crippen LogP contribution in [-0.4, -0.2) is 0 Å². The smallest absolute Gasteiger partial charge is 0.194 e. The second-order valence-electron chi connectivity index (χ2n) is 5.90.